The maximum Gasteiger partial charge on any atom is 0.248 e. The molecule has 0 saturated heterocycles. The summed E-state index contributed by atoms with van der Waals surface area (Å²) in [6.45, 7) is 9.08. The number of aryl methyl sites for hydroxylation is 2. The van der Waals surface area contributed by atoms with Gasteiger partial charge in [0.15, 0.2) is 0 Å². The molecule has 2 aliphatic rings. The lowest BCUT2D eigenvalue weighted by molar-refractivity contribution is -0.0474. The summed E-state index contributed by atoms with van der Waals surface area (Å²) < 4.78 is 34.9. The van der Waals surface area contributed by atoms with Crippen molar-refractivity contribution in [2.24, 2.45) is 17.8 Å². The third-order valence-corrected chi connectivity index (χ3v) is 7.40. The molecule has 3 heterocycles. The Morgan fingerprint density at radius 2 is 1.91 bits per heavy atom. The first-order chi connectivity index (χ1) is 16.7. The van der Waals surface area contributed by atoms with E-state index in [4.69, 9.17) is 9.51 Å². The number of aromatic nitrogens is 4. The second-order valence-corrected chi connectivity index (χ2v) is 10.9. The van der Waals surface area contributed by atoms with Gasteiger partial charge in [0.05, 0.1) is 17.6 Å². The topological polar surface area (TPSA) is 56.7 Å². The molecular weight excluding hydrogens is 446 g/mol. The van der Waals surface area contributed by atoms with Crippen molar-refractivity contribution in [1.82, 2.24) is 19.9 Å². The molecule has 35 heavy (non-hydrogen) atoms. The lowest BCUT2D eigenvalue weighted by Crippen LogP contribution is -2.26. The van der Waals surface area contributed by atoms with Gasteiger partial charge in [-0.1, -0.05) is 25.1 Å². The third-order valence-electron chi connectivity index (χ3n) is 7.40. The zero-order valence-corrected chi connectivity index (χ0v) is 21.0. The number of hydrogen-bond donors (Lipinski definition) is 0. The molecule has 1 atom stereocenters. The van der Waals surface area contributed by atoms with Crippen LogP contribution in [0, 0.1) is 31.6 Å². The predicted octanol–water partition coefficient (Wildman–Crippen LogP) is 7.03. The number of halogens is 2. The number of nitrogens with zero attached hydrogens (tertiary/aromatic N) is 4. The van der Waals surface area contributed by atoms with E-state index in [1.54, 1.807) is 0 Å². The normalized spacial score (nSPS) is 20.2. The van der Waals surface area contributed by atoms with Crippen LogP contribution in [-0.2, 0) is 13.0 Å². The third kappa shape index (κ3) is 5.09. The number of pyridine rings is 1. The summed E-state index contributed by atoms with van der Waals surface area (Å²) in [5, 5.41) is 8.70. The number of hydrogen-bond acceptors (Lipinski definition) is 4. The summed E-state index contributed by atoms with van der Waals surface area (Å²) in [6, 6.07) is 2.21. The van der Waals surface area contributed by atoms with Crippen molar-refractivity contribution in [2.45, 2.75) is 78.7 Å². The zero-order valence-electron chi connectivity index (χ0n) is 21.0. The minimum Gasteiger partial charge on any atom is -0.361 e. The summed E-state index contributed by atoms with van der Waals surface area (Å²) in [5.41, 5.74) is 7.17. The lowest BCUT2D eigenvalue weighted by Gasteiger charge is -2.32. The highest BCUT2D eigenvalue weighted by atomic mass is 19.3. The average Bonchev–Trinajstić information content (AvgIpc) is 3.39. The Bertz CT molecular complexity index is 1210. The summed E-state index contributed by atoms with van der Waals surface area (Å²) in [7, 11) is 0. The summed E-state index contributed by atoms with van der Waals surface area (Å²) in [5.74, 6) is -0.589. The fourth-order valence-electron chi connectivity index (χ4n) is 5.72. The van der Waals surface area contributed by atoms with E-state index in [9.17, 15) is 8.78 Å². The minimum atomic E-state index is -2.49. The van der Waals surface area contributed by atoms with Gasteiger partial charge >= 0.3 is 0 Å². The van der Waals surface area contributed by atoms with Crippen molar-refractivity contribution in [3.05, 3.63) is 59.0 Å². The van der Waals surface area contributed by atoms with E-state index in [-0.39, 0.29) is 18.8 Å². The molecule has 1 saturated carbocycles. The predicted molar refractivity (Wildman–Crippen MR) is 132 cm³/mol. The molecule has 0 aliphatic heterocycles. The van der Waals surface area contributed by atoms with Crippen LogP contribution >= 0.6 is 0 Å². The minimum absolute atomic E-state index is 0.0112. The maximum absolute atomic E-state index is 13.7. The van der Waals surface area contributed by atoms with Crippen molar-refractivity contribution < 1.29 is 13.3 Å². The van der Waals surface area contributed by atoms with Crippen LogP contribution in [-0.4, -0.2) is 25.8 Å². The van der Waals surface area contributed by atoms with Crippen molar-refractivity contribution in [3.63, 3.8) is 0 Å². The molecule has 7 heteroatoms. The first-order valence-electron chi connectivity index (χ1n) is 12.7. The van der Waals surface area contributed by atoms with Crippen molar-refractivity contribution in [2.75, 3.05) is 0 Å². The van der Waals surface area contributed by atoms with E-state index in [0.29, 0.717) is 24.7 Å². The fourth-order valence-corrected chi connectivity index (χ4v) is 5.72. The van der Waals surface area contributed by atoms with E-state index in [1.807, 2.05) is 30.9 Å². The van der Waals surface area contributed by atoms with Gasteiger partial charge in [-0.05, 0) is 68.9 Å². The van der Waals surface area contributed by atoms with Gasteiger partial charge in [-0.15, -0.1) is 0 Å². The molecule has 2 aliphatic carbocycles. The zero-order chi connectivity index (χ0) is 24.7. The SMILES string of the molecule is Cc1noc(C)c1-c1cnc2c(c1)CC(CC1CCC(F)(F)CC1)C=C2c1cnn(CC(C)C)c1. The standard InChI is InChI=1S/C28H34F2N4O/c1-17(2)15-34-16-24(14-32-34)25-11-21(9-20-5-7-28(29,30)8-6-20)10-22-12-23(13-31-27(22)25)26-18(3)33-35-19(26)4/h11-14,16-17,20-21H,5-10,15H2,1-4H3. The van der Waals surface area contributed by atoms with Crippen LogP contribution in [0.25, 0.3) is 16.7 Å². The van der Waals surface area contributed by atoms with Crippen LogP contribution in [0.5, 0.6) is 0 Å². The highest BCUT2D eigenvalue weighted by Crippen LogP contribution is 2.42. The maximum atomic E-state index is 13.7. The Morgan fingerprint density at radius 1 is 1.14 bits per heavy atom. The average molecular weight is 481 g/mol. The first kappa shape index (κ1) is 23.9. The van der Waals surface area contributed by atoms with Gasteiger partial charge in [-0.25, -0.2) is 8.78 Å². The molecular formula is C28H34F2N4O. The first-order valence-corrected chi connectivity index (χ1v) is 12.7. The second-order valence-electron chi connectivity index (χ2n) is 10.9. The molecule has 1 fully saturated rings. The molecule has 0 bridgehead atoms. The molecule has 0 amide bonds. The van der Waals surface area contributed by atoms with Crippen molar-refractivity contribution in [1.29, 1.82) is 0 Å². The summed E-state index contributed by atoms with van der Waals surface area (Å²) >= 11 is 0. The Kier molecular flexibility index (Phi) is 6.36. The molecule has 5 rings (SSSR count). The summed E-state index contributed by atoms with van der Waals surface area (Å²) in [6.07, 6.45) is 11.2. The van der Waals surface area contributed by atoms with E-state index < -0.39 is 5.92 Å². The van der Waals surface area contributed by atoms with Gasteiger partial charge in [0.25, 0.3) is 0 Å². The van der Waals surface area contributed by atoms with E-state index in [2.05, 4.69) is 42.4 Å². The van der Waals surface area contributed by atoms with Gasteiger partial charge in [-0.2, -0.15) is 5.10 Å². The molecule has 0 radical (unpaired) electrons. The summed E-state index contributed by atoms with van der Waals surface area (Å²) in [4.78, 5) is 4.91. The Hall–Kier alpha value is -2.83. The van der Waals surface area contributed by atoms with E-state index in [1.165, 1.54) is 5.56 Å². The Labute approximate surface area is 205 Å². The van der Waals surface area contributed by atoms with E-state index in [0.717, 1.165) is 58.8 Å². The highest BCUT2D eigenvalue weighted by molar-refractivity contribution is 5.82. The fraction of sp³-hybridized carbons (Fsp3) is 0.536. The van der Waals surface area contributed by atoms with Crippen LogP contribution in [0.15, 0.2) is 35.3 Å². The lowest BCUT2D eigenvalue weighted by atomic mass is 9.76. The second kappa shape index (κ2) is 9.32. The Balaban J connectivity index is 1.49. The molecule has 0 spiro atoms. The highest BCUT2D eigenvalue weighted by Gasteiger charge is 2.36. The van der Waals surface area contributed by atoms with Crippen LogP contribution in [0.1, 0.15) is 74.2 Å². The van der Waals surface area contributed by atoms with Crippen molar-refractivity contribution >= 4 is 5.57 Å². The molecule has 186 valence electrons. The van der Waals surface area contributed by atoms with Crippen LogP contribution < -0.4 is 0 Å². The van der Waals surface area contributed by atoms with Crippen LogP contribution in [0.4, 0.5) is 8.78 Å². The number of fused-ring (bicyclic) bond motifs is 1. The smallest absolute Gasteiger partial charge is 0.248 e. The Morgan fingerprint density at radius 3 is 2.60 bits per heavy atom. The number of alkyl halides is 2. The van der Waals surface area contributed by atoms with Crippen LogP contribution in [0.2, 0.25) is 0 Å². The largest absolute Gasteiger partial charge is 0.361 e. The molecule has 1 unspecified atom stereocenters. The molecule has 5 nitrogen and oxygen atoms in total. The monoisotopic (exact) mass is 480 g/mol. The van der Waals surface area contributed by atoms with E-state index >= 15 is 0 Å². The molecule has 0 aromatic carbocycles. The molecule has 0 N–H and O–H groups in total. The van der Waals surface area contributed by atoms with Crippen LogP contribution in [0.3, 0.4) is 0 Å². The quantitative estimate of drug-likeness (QED) is 0.380. The molecule has 3 aromatic heterocycles. The molecule has 3 aromatic rings. The number of allylic oxidation sites excluding steroid dienone is 1. The van der Waals surface area contributed by atoms with Gasteiger partial charge in [0.2, 0.25) is 5.92 Å². The van der Waals surface area contributed by atoms with Crippen molar-refractivity contribution in [3.8, 4) is 11.1 Å². The van der Waals surface area contributed by atoms with Gasteiger partial charge in [-0.3, -0.25) is 9.67 Å². The van der Waals surface area contributed by atoms with Gasteiger partial charge < -0.3 is 4.52 Å². The number of rotatable bonds is 6. The van der Waals surface area contributed by atoms with Gasteiger partial charge in [0.1, 0.15) is 5.76 Å². The van der Waals surface area contributed by atoms with Gasteiger partial charge in [0, 0.05) is 54.0 Å².